The van der Waals surface area contributed by atoms with E-state index in [1.807, 2.05) is 19.9 Å². The molecule has 5 heteroatoms. The van der Waals surface area contributed by atoms with E-state index in [2.05, 4.69) is 27.9 Å². The van der Waals surface area contributed by atoms with Crippen LogP contribution in [0, 0.1) is 3.57 Å². The lowest BCUT2D eigenvalue weighted by atomic mass is 9.94. The highest BCUT2D eigenvalue weighted by molar-refractivity contribution is 14.1. The van der Waals surface area contributed by atoms with Gasteiger partial charge in [0.2, 0.25) is 0 Å². The third-order valence-electron chi connectivity index (χ3n) is 3.18. The molecule has 0 radical (unpaired) electrons. The van der Waals surface area contributed by atoms with Crippen LogP contribution in [0.2, 0.25) is 5.02 Å². The molecule has 1 aromatic rings. The molecule has 0 saturated carbocycles. The number of nitrogens with two attached hydrogens (primary N) is 1. The number of benzene rings is 1. The molecule has 18 heavy (non-hydrogen) atoms. The molecule has 0 aromatic heterocycles. The Morgan fingerprint density at radius 3 is 2.61 bits per heavy atom. The highest BCUT2D eigenvalue weighted by Gasteiger charge is 2.21. The molecule has 0 atom stereocenters. The molecule has 0 aliphatic heterocycles. The molecule has 1 aromatic carbocycles. The molecule has 1 rings (SSSR count). The monoisotopic (exact) mass is 380 g/mol. The molecule has 0 aliphatic rings. The van der Waals surface area contributed by atoms with E-state index in [4.69, 9.17) is 17.3 Å². The summed E-state index contributed by atoms with van der Waals surface area (Å²) in [7, 11) is 0. The second-order valence-corrected chi connectivity index (χ2v) is 5.97. The maximum atomic E-state index is 12.1. The Morgan fingerprint density at radius 2 is 2.06 bits per heavy atom. The minimum atomic E-state index is -0.334. The third kappa shape index (κ3) is 4.10. The normalized spacial score (nSPS) is 11.4. The molecule has 1 amide bonds. The Hall–Kier alpha value is -0.330. The van der Waals surface area contributed by atoms with Gasteiger partial charge in [-0.15, -0.1) is 0 Å². The molecule has 0 spiro atoms. The number of hydrogen-bond donors (Lipinski definition) is 2. The maximum absolute atomic E-state index is 12.1. The van der Waals surface area contributed by atoms with Crippen molar-refractivity contribution in [2.75, 3.05) is 6.54 Å². The number of carbonyl (C=O) groups excluding carboxylic acids is 1. The van der Waals surface area contributed by atoms with E-state index in [9.17, 15) is 4.79 Å². The van der Waals surface area contributed by atoms with Crippen molar-refractivity contribution in [3.63, 3.8) is 0 Å². The van der Waals surface area contributed by atoms with Crippen molar-refractivity contribution in [3.05, 3.63) is 32.4 Å². The quantitative estimate of drug-likeness (QED) is 0.771. The van der Waals surface area contributed by atoms with Gasteiger partial charge in [0.05, 0.1) is 5.56 Å². The average molecular weight is 381 g/mol. The zero-order chi connectivity index (χ0) is 13.8. The van der Waals surface area contributed by atoms with Crippen LogP contribution in [0.1, 0.15) is 37.0 Å². The van der Waals surface area contributed by atoms with Crippen molar-refractivity contribution in [1.82, 2.24) is 5.32 Å². The molecule has 3 nitrogen and oxygen atoms in total. The second kappa shape index (κ2) is 6.73. The van der Waals surface area contributed by atoms with Gasteiger partial charge < -0.3 is 11.1 Å². The van der Waals surface area contributed by atoms with Crippen LogP contribution in [0.15, 0.2) is 18.2 Å². The summed E-state index contributed by atoms with van der Waals surface area (Å²) in [6.45, 7) is 4.53. The van der Waals surface area contributed by atoms with Crippen molar-refractivity contribution < 1.29 is 4.79 Å². The summed E-state index contributed by atoms with van der Waals surface area (Å²) in [5, 5.41) is 3.44. The predicted octanol–water partition coefficient (Wildman–Crippen LogP) is 3.19. The summed E-state index contributed by atoms with van der Waals surface area (Å²) < 4.78 is 0.880. The third-order valence-corrected chi connectivity index (χ3v) is 4.36. The largest absolute Gasteiger partial charge is 0.350 e. The Bertz CT molecular complexity index is 433. The number of halogens is 2. The Balaban J connectivity index is 2.74. The zero-order valence-corrected chi connectivity index (χ0v) is 13.5. The molecular weight excluding hydrogens is 363 g/mol. The molecule has 0 bridgehead atoms. The number of amides is 1. The van der Waals surface area contributed by atoms with Gasteiger partial charge >= 0.3 is 0 Å². The van der Waals surface area contributed by atoms with Crippen LogP contribution in [0.25, 0.3) is 0 Å². The van der Waals surface area contributed by atoms with E-state index in [-0.39, 0.29) is 11.4 Å². The van der Waals surface area contributed by atoms with Gasteiger partial charge in [0.15, 0.2) is 0 Å². The minimum Gasteiger partial charge on any atom is -0.350 e. The summed E-state index contributed by atoms with van der Waals surface area (Å²) in [5.41, 5.74) is 6.41. The second-order valence-electron chi connectivity index (χ2n) is 4.38. The molecule has 3 N–H and O–H groups in total. The standard InChI is InChI=1S/C13H18ClIN2O/c1-3-13(16,4-2)8-17-12(18)10-7-9(14)5-6-11(10)15/h5-7H,3-4,8,16H2,1-2H3,(H,17,18). The SMILES string of the molecule is CCC(N)(CC)CNC(=O)c1cc(Cl)ccc1I. The minimum absolute atomic E-state index is 0.126. The van der Waals surface area contributed by atoms with E-state index in [0.717, 1.165) is 16.4 Å². The number of nitrogens with one attached hydrogen (secondary N) is 1. The van der Waals surface area contributed by atoms with Gasteiger partial charge in [0.25, 0.3) is 5.91 Å². The molecule has 0 aliphatic carbocycles. The lowest BCUT2D eigenvalue weighted by molar-refractivity contribution is 0.0941. The lowest BCUT2D eigenvalue weighted by Crippen LogP contribution is -2.49. The smallest absolute Gasteiger partial charge is 0.252 e. The fraction of sp³-hybridized carbons (Fsp3) is 0.462. The lowest BCUT2D eigenvalue weighted by Gasteiger charge is -2.26. The van der Waals surface area contributed by atoms with E-state index < -0.39 is 0 Å². The number of carbonyl (C=O) groups is 1. The van der Waals surface area contributed by atoms with Crippen molar-refractivity contribution in [1.29, 1.82) is 0 Å². The van der Waals surface area contributed by atoms with Gasteiger partial charge in [0.1, 0.15) is 0 Å². The topological polar surface area (TPSA) is 55.1 Å². The van der Waals surface area contributed by atoms with Crippen molar-refractivity contribution >= 4 is 40.1 Å². The average Bonchev–Trinajstić information content (AvgIpc) is 2.38. The van der Waals surface area contributed by atoms with Gasteiger partial charge in [-0.3, -0.25) is 4.79 Å². The summed E-state index contributed by atoms with van der Waals surface area (Å²) in [5.74, 6) is -0.126. The Labute approximate surface area is 127 Å². The Kier molecular flexibility index (Phi) is 5.88. The molecule has 0 unspecified atom stereocenters. The molecule has 100 valence electrons. The first-order valence-electron chi connectivity index (χ1n) is 5.94. The fourth-order valence-electron chi connectivity index (χ4n) is 1.52. The van der Waals surface area contributed by atoms with Crippen LogP contribution >= 0.6 is 34.2 Å². The Morgan fingerprint density at radius 1 is 1.44 bits per heavy atom. The summed E-state index contributed by atoms with van der Waals surface area (Å²) >= 11 is 8.02. The van der Waals surface area contributed by atoms with Gasteiger partial charge in [-0.2, -0.15) is 0 Å². The van der Waals surface area contributed by atoms with E-state index in [0.29, 0.717) is 17.1 Å². The van der Waals surface area contributed by atoms with Gasteiger partial charge in [-0.05, 0) is 53.6 Å². The zero-order valence-electron chi connectivity index (χ0n) is 10.6. The first-order chi connectivity index (χ1) is 8.41. The van der Waals surface area contributed by atoms with Gasteiger partial charge in [-0.25, -0.2) is 0 Å². The summed E-state index contributed by atoms with van der Waals surface area (Å²) in [6, 6.07) is 5.27. The number of hydrogen-bond acceptors (Lipinski definition) is 2. The maximum Gasteiger partial charge on any atom is 0.252 e. The van der Waals surface area contributed by atoms with Crippen LogP contribution in [-0.2, 0) is 0 Å². The van der Waals surface area contributed by atoms with E-state index in [1.54, 1.807) is 12.1 Å². The van der Waals surface area contributed by atoms with Crippen molar-refractivity contribution in [3.8, 4) is 0 Å². The van der Waals surface area contributed by atoms with E-state index >= 15 is 0 Å². The highest BCUT2D eigenvalue weighted by atomic mass is 127. The molecule has 0 saturated heterocycles. The number of rotatable bonds is 5. The molecular formula is C13H18ClIN2O. The van der Waals surface area contributed by atoms with Crippen LogP contribution in [-0.4, -0.2) is 18.0 Å². The first-order valence-corrected chi connectivity index (χ1v) is 7.39. The fourth-order valence-corrected chi connectivity index (χ4v) is 2.28. The van der Waals surface area contributed by atoms with E-state index in [1.165, 1.54) is 0 Å². The predicted molar refractivity (Wildman–Crippen MR) is 84.0 cm³/mol. The van der Waals surface area contributed by atoms with Gasteiger partial charge in [-0.1, -0.05) is 25.4 Å². The first kappa shape index (κ1) is 15.7. The van der Waals surface area contributed by atoms with Gasteiger partial charge in [0, 0.05) is 20.7 Å². The van der Waals surface area contributed by atoms with Crippen LogP contribution in [0.4, 0.5) is 0 Å². The highest BCUT2D eigenvalue weighted by Crippen LogP contribution is 2.18. The van der Waals surface area contributed by atoms with Crippen molar-refractivity contribution in [2.24, 2.45) is 5.73 Å². The van der Waals surface area contributed by atoms with Crippen LogP contribution < -0.4 is 11.1 Å². The van der Waals surface area contributed by atoms with Crippen LogP contribution in [0.5, 0.6) is 0 Å². The van der Waals surface area contributed by atoms with Crippen LogP contribution in [0.3, 0.4) is 0 Å². The summed E-state index contributed by atoms with van der Waals surface area (Å²) in [6.07, 6.45) is 1.66. The van der Waals surface area contributed by atoms with Crippen molar-refractivity contribution in [2.45, 2.75) is 32.2 Å². The molecule has 0 heterocycles. The summed E-state index contributed by atoms with van der Waals surface area (Å²) in [4.78, 5) is 12.1. The molecule has 0 fully saturated rings.